The van der Waals surface area contributed by atoms with Crippen molar-refractivity contribution in [2.24, 2.45) is 0 Å². The minimum Gasteiger partial charge on any atom is -0.373 e. The Bertz CT molecular complexity index is 305. The summed E-state index contributed by atoms with van der Waals surface area (Å²) in [5.74, 6) is -0.277. The predicted octanol–water partition coefficient (Wildman–Crippen LogP) is 0.333. The van der Waals surface area contributed by atoms with Crippen molar-refractivity contribution < 1.29 is 14.3 Å². The van der Waals surface area contributed by atoms with Gasteiger partial charge in [0.05, 0.1) is 18.8 Å². The third-order valence-corrected chi connectivity index (χ3v) is 2.66. The van der Waals surface area contributed by atoms with E-state index >= 15 is 0 Å². The topological polar surface area (TPSA) is 70.7 Å². The number of nitrogens with zero attached hydrogens (tertiary/aromatic N) is 1. The summed E-state index contributed by atoms with van der Waals surface area (Å²) in [4.78, 5) is 24.9. The Hall–Kier alpha value is -1.14. The van der Waals surface area contributed by atoms with E-state index in [4.69, 9.17) is 4.74 Å². The van der Waals surface area contributed by atoms with Crippen molar-refractivity contribution in [2.45, 2.75) is 32.8 Å². The number of imide groups is 1. The summed E-state index contributed by atoms with van der Waals surface area (Å²) in [5, 5.41) is 4.92. The molecule has 6 heteroatoms. The molecule has 0 saturated carbocycles. The highest BCUT2D eigenvalue weighted by atomic mass is 16.5. The van der Waals surface area contributed by atoms with E-state index in [-0.39, 0.29) is 18.1 Å². The first-order chi connectivity index (χ1) is 8.43. The zero-order chi connectivity index (χ0) is 13.6. The average Bonchev–Trinajstić information content (AvgIpc) is 2.24. The largest absolute Gasteiger partial charge is 0.373 e. The van der Waals surface area contributed by atoms with Gasteiger partial charge in [0.25, 0.3) is 0 Å². The number of hydrogen-bond acceptors (Lipinski definition) is 4. The summed E-state index contributed by atoms with van der Waals surface area (Å²) in [6, 6.07) is -0.422. The summed E-state index contributed by atoms with van der Waals surface area (Å²) >= 11 is 0. The Labute approximate surface area is 108 Å². The molecule has 18 heavy (non-hydrogen) atoms. The van der Waals surface area contributed by atoms with Crippen LogP contribution in [0.15, 0.2) is 0 Å². The molecule has 0 radical (unpaired) electrons. The summed E-state index contributed by atoms with van der Waals surface area (Å²) in [6.07, 6.45) is 0.846. The molecule has 1 aliphatic heterocycles. The molecule has 104 valence electrons. The molecule has 0 spiro atoms. The molecule has 0 aromatic carbocycles. The summed E-state index contributed by atoms with van der Waals surface area (Å²) in [7, 11) is 0. The second kappa shape index (κ2) is 6.70. The van der Waals surface area contributed by atoms with E-state index < -0.39 is 6.03 Å². The van der Waals surface area contributed by atoms with Crippen molar-refractivity contribution in [2.75, 3.05) is 32.8 Å². The maximum absolute atomic E-state index is 11.6. The average molecular weight is 257 g/mol. The Morgan fingerprint density at radius 2 is 2.11 bits per heavy atom. The van der Waals surface area contributed by atoms with Gasteiger partial charge in [-0.25, -0.2) is 4.79 Å². The zero-order valence-electron chi connectivity index (χ0n) is 11.4. The van der Waals surface area contributed by atoms with Gasteiger partial charge in [-0.2, -0.15) is 0 Å². The summed E-state index contributed by atoms with van der Waals surface area (Å²) < 4.78 is 5.56. The molecule has 1 aliphatic rings. The molecule has 0 bridgehead atoms. The first-order valence-corrected chi connectivity index (χ1v) is 6.37. The molecule has 0 aromatic rings. The van der Waals surface area contributed by atoms with Crippen LogP contribution in [0.5, 0.6) is 0 Å². The fraction of sp³-hybridized carbons (Fsp3) is 0.833. The highest BCUT2D eigenvalue weighted by Gasteiger charge is 2.28. The fourth-order valence-corrected chi connectivity index (χ4v) is 1.90. The monoisotopic (exact) mass is 257 g/mol. The number of urea groups is 1. The van der Waals surface area contributed by atoms with E-state index in [1.165, 1.54) is 0 Å². The van der Waals surface area contributed by atoms with Crippen molar-refractivity contribution in [1.82, 2.24) is 15.5 Å². The summed E-state index contributed by atoms with van der Waals surface area (Å²) in [5.41, 5.74) is -0.233. The lowest BCUT2D eigenvalue weighted by Crippen LogP contribution is -2.52. The number of hydrogen-bond donors (Lipinski definition) is 2. The standard InChI is InChI=1S/C12H23N3O3/c1-4-5-13-11(17)14-10(16)8-15-6-7-18-12(2,3)9-15/h4-9H2,1-3H3,(H2,13,14,16,17). The van der Waals surface area contributed by atoms with E-state index in [2.05, 4.69) is 10.6 Å². The van der Waals surface area contributed by atoms with Gasteiger partial charge in [0.2, 0.25) is 5.91 Å². The number of amides is 3. The molecule has 0 unspecified atom stereocenters. The predicted molar refractivity (Wildman–Crippen MR) is 68.3 cm³/mol. The van der Waals surface area contributed by atoms with E-state index in [0.717, 1.165) is 6.42 Å². The van der Waals surface area contributed by atoms with Gasteiger partial charge in [0.15, 0.2) is 0 Å². The van der Waals surface area contributed by atoms with Crippen molar-refractivity contribution in [3.63, 3.8) is 0 Å². The number of nitrogens with one attached hydrogen (secondary N) is 2. The molecule has 6 nitrogen and oxygen atoms in total. The van der Waals surface area contributed by atoms with Crippen molar-refractivity contribution >= 4 is 11.9 Å². The molecule has 0 aliphatic carbocycles. The lowest BCUT2D eigenvalue weighted by Gasteiger charge is -2.37. The fourth-order valence-electron chi connectivity index (χ4n) is 1.90. The SMILES string of the molecule is CCCNC(=O)NC(=O)CN1CCOC(C)(C)C1. The van der Waals surface area contributed by atoms with Gasteiger partial charge in [0, 0.05) is 19.6 Å². The lowest BCUT2D eigenvalue weighted by atomic mass is 10.1. The van der Waals surface area contributed by atoms with Gasteiger partial charge in [-0.1, -0.05) is 6.92 Å². The smallest absolute Gasteiger partial charge is 0.321 e. The van der Waals surface area contributed by atoms with Crippen LogP contribution in [0.2, 0.25) is 0 Å². The van der Waals surface area contributed by atoms with E-state index in [0.29, 0.717) is 26.2 Å². The number of ether oxygens (including phenoxy) is 1. The molecule has 3 amide bonds. The van der Waals surface area contributed by atoms with Gasteiger partial charge in [-0.05, 0) is 20.3 Å². The lowest BCUT2D eigenvalue weighted by molar-refractivity contribution is -0.126. The van der Waals surface area contributed by atoms with Gasteiger partial charge in [0.1, 0.15) is 0 Å². The van der Waals surface area contributed by atoms with Crippen LogP contribution in [-0.4, -0.2) is 55.2 Å². The van der Waals surface area contributed by atoms with Crippen LogP contribution in [-0.2, 0) is 9.53 Å². The molecule has 1 rings (SSSR count). The van der Waals surface area contributed by atoms with E-state index in [9.17, 15) is 9.59 Å². The van der Waals surface area contributed by atoms with E-state index in [1.807, 2.05) is 25.7 Å². The third kappa shape index (κ3) is 5.46. The second-order valence-electron chi connectivity index (χ2n) is 5.12. The van der Waals surface area contributed by atoms with Gasteiger partial charge in [-0.3, -0.25) is 15.0 Å². The normalized spacial score (nSPS) is 19.3. The second-order valence-corrected chi connectivity index (χ2v) is 5.12. The number of rotatable bonds is 4. The highest BCUT2D eigenvalue weighted by molar-refractivity contribution is 5.95. The van der Waals surface area contributed by atoms with Crippen LogP contribution in [0.3, 0.4) is 0 Å². The Morgan fingerprint density at radius 1 is 1.39 bits per heavy atom. The van der Waals surface area contributed by atoms with Gasteiger partial charge in [-0.15, -0.1) is 0 Å². The Morgan fingerprint density at radius 3 is 2.72 bits per heavy atom. The molecule has 0 aromatic heterocycles. The van der Waals surface area contributed by atoms with Gasteiger partial charge < -0.3 is 10.1 Å². The minimum absolute atomic E-state index is 0.229. The maximum Gasteiger partial charge on any atom is 0.321 e. The Balaban J connectivity index is 2.29. The molecule has 1 saturated heterocycles. The molecule has 0 atom stereocenters. The number of carbonyl (C=O) groups excluding carboxylic acids is 2. The van der Waals surface area contributed by atoms with Crippen LogP contribution in [0.4, 0.5) is 4.79 Å². The number of morpholine rings is 1. The van der Waals surface area contributed by atoms with Crippen LogP contribution < -0.4 is 10.6 Å². The van der Waals surface area contributed by atoms with E-state index in [1.54, 1.807) is 0 Å². The molecular formula is C12H23N3O3. The molecule has 1 heterocycles. The van der Waals surface area contributed by atoms with Crippen molar-refractivity contribution in [3.05, 3.63) is 0 Å². The minimum atomic E-state index is -0.422. The third-order valence-electron chi connectivity index (χ3n) is 2.66. The van der Waals surface area contributed by atoms with Crippen molar-refractivity contribution in [1.29, 1.82) is 0 Å². The first kappa shape index (κ1) is 14.9. The zero-order valence-corrected chi connectivity index (χ0v) is 11.4. The summed E-state index contributed by atoms with van der Waals surface area (Å²) in [6.45, 7) is 8.76. The van der Waals surface area contributed by atoms with Crippen LogP contribution in [0.25, 0.3) is 0 Å². The van der Waals surface area contributed by atoms with Crippen LogP contribution >= 0.6 is 0 Å². The maximum atomic E-state index is 11.6. The van der Waals surface area contributed by atoms with Crippen molar-refractivity contribution in [3.8, 4) is 0 Å². The number of carbonyl (C=O) groups is 2. The van der Waals surface area contributed by atoms with Gasteiger partial charge >= 0.3 is 6.03 Å². The van der Waals surface area contributed by atoms with Crippen LogP contribution in [0, 0.1) is 0 Å². The highest BCUT2D eigenvalue weighted by Crippen LogP contribution is 2.15. The Kier molecular flexibility index (Phi) is 5.55. The quantitative estimate of drug-likeness (QED) is 0.761. The van der Waals surface area contributed by atoms with Crippen LogP contribution in [0.1, 0.15) is 27.2 Å². The molecule has 1 fully saturated rings. The molecule has 2 N–H and O–H groups in total. The first-order valence-electron chi connectivity index (χ1n) is 6.37. The molecular weight excluding hydrogens is 234 g/mol.